The first-order chi connectivity index (χ1) is 10.4. The van der Waals surface area contributed by atoms with Crippen molar-refractivity contribution in [1.29, 1.82) is 0 Å². The number of terminal acetylenes is 1. The van der Waals surface area contributed by atoms with Crippen molar-refractivity contribution in [3.8, 4) is 12.3 Å². The lowest BCUT2D eigenvalue weighted by molar-refractivity contribution is 0.0494. The maximum atomic E-state index is 5.37. The molecule has 0 bridgehead atoms. The van der Waals surface area contributed by atoms with Crippen LogP contribution in [0.3, 0.4) is 0 Å². The molecule has 112 valence electrons. The highest BCUT2D eigenvalue weighted by Gasteiger charge is 2.36. The second kappa shape index (κ2) is 7.11. The smallest absolute Gasteiger partial charge is 0.0475 e. The Bertz CT molecular complexity index is 476. The van der Waals surface area contributed by atoms with Gasteiger partial charge in [-0.1, -0.05) is 30.3 Å². The average Bonchev–Trinajstić information content (AvgIpc) is 2.99. The first-order valence-electron chi connectivity index (χ1n) is 8.35. The summed E-state index contributed by atoms with van der Waals surface area (Å²) in [4.78, 5) is 5.41. The van der Waals surface area contributed by atoms with Gasteiger partial charge < -0.3 is 0 Å². The Balaban J connectivity index is 1.68. The Morgan fingerprint density at radius 1 is 1.14 bits per heavy atom. The Kier molecular flexibility index (Phi) is 4.95. The quantitative estimate of drug-likeness (QED) is 0.604. The molecule has 2 fully saturated rings. The van der Waals surface area contributed by atoms with Crippen LogP contribution >= 0.6 is 0 Å². The third kappa shape index (κ3) is 3.48. The summed E-state index contributed by atoms with van der Waals surface area (Å²) >= 11 is 0. The minimum absolute atomic E-state index is 0.561. The second-order valence-electron chi connectivity index (χ2n) is 6.37. The molecule has 2 unspecified atom stereocenters. The standard InChI is InChI=1S/C19H26N2/c1-2-3-4-8-13-21-15-18-12-9-14-20(18)16-19(21)17-10-6-5-7-11-17/h1,5-7,10-11,18-19H,3-4,8-9,12-16H2. The fourth-order valence-electron chi connectivity index (χ4n) is 3.86. The van der Waals surface area contributed by atoms with Gasteiger partial charge in [0.15, 0.2) is 0 Å². The Morgan fingerprint density at radius 3 is 2.81 bits per heavy atom. The van der Waals surface area contributed by atoms with Gasteiger partial charge in [-0.2, -0.15) is 0 Å². The number of benzene rings is 1. The predicted octanol–water partition coefficient (Wildman–Crippen LogP) is 3.31. The number of fused-ring (bicyclic) bond motifs is 1. The van der Waals surface area contributed by atoms with Crippen LogP contribution < -0.4 is 0 Å². The zero-order chi connectivity index (χ0) is 14.5. The van der Waals surface area contributed by atoms with E-state index in [0.29, 0.717) is 6.04 Å². The maximum Gasteiger partial charge on any atom is 0.0475 e. The van der Waals surface area contributed by atoms with Crippen LogP contribution in [0.4, 0.5) is 0 Å². The van der Waals surface area contributed by atoms with Gasteiger partial charge in [-0.05, 0) is 44.3 Å². The molecule has 0 radical (unpaired) electrons. The molecular weight excluding hydrogens is 256 g/mol. The molecule has 0 aromatic heterocycles. The van der Waals surface area contributed by atoms with Crippen LogP contribution in [0.1, 0.15) is 43.7 Å². The van der Waals surface area contributed by atoms with Crippen LogP contribution in [0, 0.1) is 12.3 Å². The molecule has 2 heterocycles. The molecule has 0 N–H and O–H groups in total. The number of nitrogens with zero attached hydrogens (tertiary/aromatic N) is 2. The summed E-state index contributed by atoms with van der Waals surface area (Å²) in [5.41, 5.74) is 1.47. The highest BCUT2D eigenvalue weighted by atomic mass is 15.3. The lowest BCUT2D eigenvalue weighted by Crippen LogP contribution is -2.51. The van der Waals surface area contributed by atoms with E-state index in [1.807, 2.05) is 0 Å². The average molecular weight is 282 g/mol. The van der Waals surface area contributed by atoms with Gasteiger partial charge in [-0.3, -0.25) is 9.80 Å². The molecule has 0 saturated carbocycles. The summed E-state index contributed by atoms with van der Waals surface area (Å²) in [6.45, 7) is 4.91. The summed E-state index contributed by atoms with van der Waals surface area (Å²) < 4.78 is 0. The van der Waals surface area contributed by atoms with Crippen LogP contribution in [-0.4, -0.2) is 42.0 Å². The second-order valence-corrected chi connectivity index (χ2v) is 6.37. The monoisotopic (exact) mass is 282 g/mol. The third-order valence-corrected chi connectivity index (χ3v) is 4.99. The first kappa shape index (κ1) is 14.6. The molecule has 0 amide bonds. The van der Waals surface area contributed by atoms with Crippen molar-refractivity contribution in [2.75, 3.05) is 26.2 Å². The van der Waals surface area contributed by atoms with Gasteiger partial charge in [0, 0.05) is 31.6 Å². The molecule has 1 aromatic rings. The van der Waals surface area contributed by atoms with E-state index in [1.54, 1.807) is 0 Å². The molecule has 2 heteroatoms. The Labute approximate surface area is 129 Å². The summed E-state index contributed by atoms with van der Waals surface area (Å²) in [6, 6.07) is 12.4. The van der Waals surface area contributed by atoms with Crippen molar-refractivity contribution in [3.05, 3.63) is 35.9 Å². The molecule has 2 nitrogen and oxygen atoms in total. The Morgan fingerprint density at radius 2 is 2.00 bits per heavy atom. The highest BCUT2D eigenvalue weighted by Crippen LogP contribution is 2.32. The number of unbranched alkanes of at least 4 members (excludes halogenated alkanes) is 2. The van der Waals surface area contributed by atoms with E-state index >= 15 is 0 Å². The normalized spacial score (nSPS) is 26.4. The molecule has 3 rings (SSSR count). The maximum absolute atomic E-state index is 5.37. The number of hydrogen-bond acceptors (Lipinski definition) is 2. The first-order valence-corrected chi connectivity index (χ1v) is 8.35. The van der Waals surface area contributed by atoms with E-state index in [1.165, 1.54) is 51.0 Å². The van der Waals surface area contributed by atoms with Gasteiger partial charge in [-0.15, -0.1) is 12.3 Å². The van der Waals surface area contributed by atoms with E-state index in [2.05, 4.69) is 46.1 Å². The van der Waals surface area contributed by atoms with E-state index in [4.69, 9.17) is 6.42 Å². The lowest BCUT2D eigenvalue weighted by Gasteiger charge is -2.44. The topological polar surface area (TPSA) is 6.48 Å². The van der Waals surface area contributed by atoms with Crippen molar-refractivity contribution >= 4 is 0 Å². The van der Waals surface area contributed by atoms with Crippen LogP contribution in [0.2, 0.25) is 0 Å². The van der Waals surface area contributed by atoms with E-state index in [0.717, 1.165) is 18.9 Å². The van der Waals surface area contributed by atoms with Crippen molar-refractivity contribution in [2.45, 2.75) is 44.2 Å². The minimum atomic E-state index is 0.561. The zero-order valence-electron chi connectivity index (χ0n) is 12.9. The van der Waals surface area contributed by atoms with Gasteiger partial charge in [0.25, 0.3) is 0 Å². The largest absolute Gasteiger partial charge is 0.297 e. The van der Waals surface area contributed by atoms with Crippen LogP contribution in [0.25, 0.3) is 0 Å². The van der Waals surface area contributed by atoms with Crippen LogP contribution in [-0.2, 0) is 0 Å². The van der Waals surface area contributed by atoms with Gasteiger partial charge >= 0.3 is 0 Å². The van der Waals surface area contributed by atoms with Gasteiger partial charge in [-0.25, -0.2) is 0 Å². The van der Waals surface area contributed by atoms with E-state index < -0.39 is 0 Å². The van der Waals surface area contributed by atoms with Crippen LogP contribution in [0.5, 0.6) is 0 Å². The molecule has 2 aliphatic heterocycles. The van der Waals surface area contributed by atoms with Gasteiger partial charge in [0.2, 0.25) is 0 Å². The molecule has 1 aromatic carbocycles. The summed E-state index contributed by atoms with van der Waals surface area (Å²) in [7, 11) is 0. The molecule has 0 aliphatic carbocycles. The van der Waals surface area contributed by atoms with Crippen LogP contribution in [0.15, 0.2) is 30.3 Å². The highest BCUT2D eigenvalue weighted by molar-refractivity contribution is 5.20. The van der Waals surface area contributed by atoms with E-state index in [9.17, 15) is 0 Å². The number of rotatable bonds is 5. The molecular formula is C19H26N2. The van der Waals surface area contributed by atoms with E-state index in [-0.39, 0.29) is 0 Å². The predicted molar refractivity (Wildman–Crippen MR) is 88.0 cm³/mol. The lowest BCUT2D eigenvalue weighted by atomic mass is 9.99. The molecule has 21 heavy (non-hydrogen) atoms. The molecule has 2 saturated heterocycles. The van der Waals surface area contributed by atoms with Gasteiger partial charge in [0.1, 0.15) is 0 Å². The fourth-order valence-corrected chi connectivity index (χ4v) is 3.86. The number of hydrogen-bond donors (Lipinski definition) is 0. The Hall–Kier alpha value is -1.30. The fraction of sp³-hybridized carbons (Fsp3) is 0.579. The number of piperazine rings is 1. The summed E-state index contributed by atoms with van der Waals surface area (Å²) in [5.74, 6) is 2.76. The summed E-state index contributed by atoms with van der Waals surface area (Å²) in [6.07, 6.45) is 11.4. The third-order valence-electron chi connectivity index (χ3n) is 4.99. The molecule has 2 aliphatic rings. The van der Waals surface area contributed by atoms with Crippen molar-refractivity contribution in [3.63, 3.8) is 0 Å². The van der Waals surface area contributed by atoms with Crippen molar-refractivity contribution < 1.29 is 0 Å². The van der Waals surface area contributed by atoms with Crippen molar-refractivity contribution in [2.24, 2.45) is 0 Å². The SMILES string of the molecule is C#CCCCCN1CC2CCCN2CC1c1ccccc1. The zero-order valence-corrected chi connectivity index (χ0v) is 12.9. The van der Waals surface area contributed by atoms with Crippen molar-refractivity contribution in [1.82, 2.24) is 9.80 Å². The summed E-state index contributed by atoms with van der Waals surface area (Å²) in [5, 5.41) is 0. The minimum Gasteiger partial charge on any atom is -0.297 e. The molecule has 2 atom stereocenters. The van der Waals surface area contributed by atoms with Gasteiger partial charge in [0.05, 0.1) is 0 Å². The molecule has 0 spiro atoms.